The van der Waals surface area contributed by atoms with E-state index in [1.54, 1.807) is 0 Å². The van der Waals surface area contributed by atoms with E-state index in [0.717, 1.165) is 31.5 Å². The molecule has 20 heavy (non-hydrogen) atoms. The molecule has 3 nitrogen and oxygen atoms in total. The lowest BCUT2D eigenvalue weighted by molar-refractivity contribution is 0.680. The van der Waals surface area contributed by atoms with Crippen molar-refractivity contribution >= 4 is 17.2 Å². The summed E-state index contributed by atoms with van der Waals surface area (Å²) in [5.41, 5.74) is 1.30. The van der Waals surface area contributed by atoms with Crippen LogP contribution in [0.5, 0.6) is 0 Å². The van der Waals surface area contributed by atoms with Gasteiger partial charge in [0.05, 0.1) is 6.54 Å². The van der Waals surface area contributed by atoms with E-state index < -0.39 is 0 Å². The lowest BCUT2D eigenvalue weighted by atomic mass is 10.2. The number of aromatic nitrogens is 1. The van der Waals surface area contributed by atoms with Crippen molar-refractivity contribution in [2.24, 2.45) is 0 Å². The average molecular weight is 287 g/mol. The molecule has 0 spiro atoms. The maximum absolute atomic E-state index is 4.62. The minimum Gasteiger partial charge on any atom is -0.351 e. The Balaban J connectivity index is 1.75. The smallest absolute Gasteiger partial charge is 0.133 e. The van der Waals surface area contributed by atoms with E-state index in [1.165, 1.54) is 23.3 Å². The number of anilines is 1. The highest BCUT2D eigenvalue weighted by Gasteiger charge is 2.21. The summed E-state index contributed by atoms with van der Waals surface area (Å²) < 4.78 is 0. The number of hydrogen-bond acceptors (Lipinski definition) is 4. The SMILES string of the molecule is CCN(Cc1cccs1)c1ncccc1CNC1CC1. The van der Waals surface area contributed by atoms with Crippen LogP contribution in [-0.4, -0.2) is 17.6 Å². The average Bonchev–Trinajstić information content (AvgIpc) is 3.18. The van der Waals surface area contributed by atoms with E-state index in [2.05, 4.69) is 45.7 Å². The summed E-state index contributed by atoms with van der Waals surface area (Å²) >= 11 is 1.81. The number of hydrogen-bond donors (Lipinski definition) is 1. The van der Waals surface area contributed by atoms with Gasteiger partial charge < -0.3 is 10.2 Å². The molecule has 1 fully saturated rings. The number of nitrogens with zero attached hydrogens (tertiary/aromatic N) is 2. The second-order valence-electron chi connectivity index (χ2n) is 5.23. The lowest BCUT2D eigenvalue weighted by Crippen LogP contribution is -2.25. The largest absolute Gasteiger partial charge is 0.351 e. The molecule has 1 saturated carbocycles. The minimum atomic E-state index is 0.732. The highest BCUT2D eigenvalue weighted by molar-refractivity contribution is 7.09. The summed E-state index contributed by atoms with van der Waals surface area (Å²) in [5, 5.41) is 5.72. The van der Waals surface area contributed by atoms with Gasteiger partial charge in [-0.3, -0.25) is 0 Å². The fourth-order valence-corrected chi connectivity index (χ4v) is 3.04. The molecule has 0 saturated heterocycles. The molecule has 0 atom stereocenters. The predicted molar refractivity (Wildman–Crippen MR) is 85.1 cm³/mol. The van der Waals surface area contributed by atoms with E-state index in [1.807, 2.05) is 23.6 Å². The summed E-state index contributed by atoms with van der Waals surface area (Å²) in [4.78, 5) is 8.36. The lowest BCUT2D eigenvalue weighted by Gasteiger charge is -2.24. The van der Waals surface area contributed by atoms with Gasteiger partial charge in [0.25, 0.3) is 0 Å². The maximum atomic E-state index is 4.62. The topological polar surface area (TPSA) is 28.2 Å². The molecule has 2 aromatic rings. The fourth-order valence-electron chi connectivity index (χ4n) is 2.32. The van der Waals surface area contributed by atoms with Crippen LogP contribution < -0.4 is 10.2 Å². The van der Waals surface area contributed by atoms with Crippen LogP contribution in [0.4, 0.5) is 5.82 Å². The summed E-state index contributed by atoms with van der Waals surface area (Å²) in [7, 11) is 0. The first-order chi connectivity index (χ1) is 9.86. The quantitative estimate of drug-likeness (QED) is 0.845. The highest BCUT2D eigenvalue weighted by atomic mass is 32.1. The van der Waals surface area contributed by atoms with E-state index >= 15 is 0 Å². The van der Waals surface area contributed by atoms with Crippen LogP contribution in [0.2, 0.25) is 0 Å². The zero-order chi connectivity index (χ0) is 13.8. The number of pyridine rings is 1. The standard InChI is InChI=1S/C16H21N3S/c1-2-19(12-15-6-4-10-20-15)16-13(5-3-9-17-16)11-18-14-7-8-14/h3-6,9-10,14,18H,2,7-8,11-12H2,1H3. The number of nitrogens with one attached hydrogen (secondary N) is 1. The molecule has 0 bridgehead atoms. The molecule has 0 aliphatic heterocycles. The van der Waals surface area contributed by atoms with Crippen molar-refractivity contribution in [2.45, 2.75) is 38.9 Å². The van der Waals surface area contributed by atoms with Crippen molar-refractivity contribution in [1.82, 2.24) is 10.3 Å². The van der Waals surface area contributed by atoms with E-state index in [9.17, 15) is 0 Å². The Hall–Kier alpha value is -1.39. The van der Waals surface area contributed by atoms with Crippen LogP contribution in [0.25, 0.3) is 0 Å². The molecule has 106 valence electrons. The summed E-state index contributed by atoms with van der Waals surface area (Å²) in [5.74, 6) is 1.12. The van der Waals surface area contributed by atoms with Gasteiger partial charge in [-0.15, -0.1) is 11.3 Å². The maximum Gasteiger partial charge on any atom is 0.133 e. The van der Waals surface area contributed by atoms with Gasteiger partial charge in [0, 0.05) is 35.8 Å². The van der Waals surface area contributed by atoms with Crippen molar-refractivity contribution in [3.8, 4) is 0 Å². The Bertz CT molecular complexity index is 534. The Labute approximate surface area is 124 Å². The Morgan fingerprint density at radius 2 is 2.25 bits per heavy atom. The summed E-state index contributed by atoms with van der Waals surface area (Å²) in [6, 6.07) is 9.26. The molecule has 0 amide bonds. The molecule has 2 aromatic heterocycles. The van der Waals surface area contributed by atoms with E-state index in [-0.39, 0.29) is 0 Å². The molecule has 0 aromatic carbocycles. The van der Waals surface area contributed by atoms with Crippen molar-refractivity contribution in [3.05, 3.63) is 46.3 Å². The number of rotatable bonds is 7. The van der Waals surface area contributed by atoms with Crippen LogP contribution in [-0.2, 0) is 13.1 Å². The molecule has 4 heteroatoms. The zero-order valence-electron chi connectivity index (χ0n) is 11.9. The normalized spacial score (nSPS) is 14.4. The molecule has 1 aliphatic rings. The summed E-state index contributed by atoms with van der Waals surface area (Å²) in [6.45, 7) is 5.04. The zero-order valence-corrected chi connectivity index (χ0v) is 12.7. The van der Waals surface area contributed by atoms with Gasteiger partial charge in [-0.25, -0.2) is 4.98 Å². The molecule has 1 N–H and O–H groups in total. The molecule has 0 radical (unpaired) electrons. The van der Waals surface area contributed by atoms with Gasteiger partial charge in [-0.1, -0.05) is 12.1 Å². The van der Waals surface area contributed by atoms with Crippen LogP contribution in [0.1, 0.15) is 30.2 Å². The van der Waals surface area contributed by atoms with Crippen molar-refractivity contribution < 1.29 is 0 Å². The molecule has 1 aliphatic carbocycles. The Morgan fingerprint density at radius 3 is 2.95 bits per heavy atom. The molecular weight excluding hydrogens is 266 g/mol. The van der Waals surface area contributed by atoms with Crippen LogP contribution in [0.3, 0.4) is 0 Å². The monoisotopic (exact) mass is 287 g/mol. The van der Waals surface area contributed by atoms with Crippen molar-refractivity contribution in [2.75, 3.05) is 11.4 Å². The first kappa shape index (κ1) is 13.6. The fraction of sp³-hybridized carbons (Fsp3) is 0.438. The third kappa shape index (κ3) is 3.38. The third-order valence-electron chi connectivity index (χ3n) is 3.63. The highest BCUT2D eigenvalue weighted by Crippen LogP contribution is 2.23. The van der Waals surface area contributed by atoms with Crippen LogP contribution in [0, 0.1) is 0 Å². The third-order valence-corrected chi connectivity index (χ3v) is 4.50. The Morgan fingerprint density at radius 1 is 1.35 bits per heavy atom. The summed E-state index contributed by atoms with van der Waals surface area (Å²) in [6.07, 6.45) is 4.54. The van der Waals surface area contributed by atoms with Crippen molar-refractivity contribution in [3.63, 3.8) is 0 Å². The minimum absolute atomic E-state index is 0.732. The van der Waals surface area contributed by atoms with E-state index in [0.29, 0.717) is 0 Å². The van der Waals surface area contributed by atoms with E-state index in [4.69, 9.17) is 0 Å². The Kier molecular flexibility index (Phi) is 4.33. The molecular formula is C16H21N3S. The first-order valence-corrected chi connectivity index (χ1v) is 8.19. The van der Waals surface area contributed by atoms with Gasteiger partial charge in [-0.2, -0.15) is 0 Å². The second kappa shape index (κ2) is 6.37. The molecule has 2 heterocycles. The molecule has 0 unspecified atom stereocenters. The first-order valence-electron chi connectivity index (χ1n) is 7.31. The van der Waals surface area contributed by atoms with Gasteiger partial charge in [0.15, 0.2) is 0 Å². The van der Waals surface area contributed by atoms with Crippen LogP contribution >= 0.6 is 11.3 Å². The molecule has 3 rings (SSSR count). The van der Waals surface area contributed by atoms with Gasteiger partial charge in [0.2, 0.25) is 0 Å². The predicted octanol–water partition coefficient (Wildman–Crippen LogP) is 3.42. The second-order valence-corrected chi connectivity index (χ2v) is 6.27. The van der Waals surface area contributed by atoms with Crippen LogP contribution in [0.15, 0.2) is 35.8 Å². The van der Waals surface area contributed by atoms with Gasteiger partial charge >= 0.3 is 0 Å². The van der Waals surface area contributed by atoms with Gasteiger partial charge in [-0.05, 0) is 37.3 Å². The van der Waals surface area contributed by atoms with Crippen molar-refractivity contribution in [1.29, 1.82) is 0 Å². The number of thiophene rings is 1. The van der Waals surface area contributed by atoms with Gasteiger partial charge in [0.1, 0.15) is 5.82 Å².